The molecule has 1 aliphatic heterocycles. The molecule has 0 amide bonds. The molecule has 100 valence electrons. The third-order valence-electron chi connectivity index (χ3n) is 3.44. The summed E-state index contributed by atoms with van der Waals surface area (Å²) in [7, 11) is 0. The zero-order valence-corrected chi connectivity index (χ0v) is 11.2. The van der Waals surface area contributed by atoms with Gasteiger partial charge in [-0.05, 0) is 19.1 Å². The van der Waals surface area contributed by atoms with Crippen molar-refractivity contribution in [3.8, 4) is 0 Å². The highest BCUT2D eigenvalue weighted by Gasteiger charge is 2.18. The fourth-order valence-electron chi connectivity index (χ4n) is 2.47. The van der Waals surface area contributed by atoms with E-state index in [1.807, 2.05) is 13.0 Å². The number of aromatic nitrogens is 1. The molecule has 3 rings (SSSR count). The van der Waals surface area contributed by atoms with E-state index in [-0.39, 0.29) is 5.78 Å². The van der Waals surface area contributed by atoms with Crippen LogP contribution in [0, 0.1) is 6.92 Å². The Morgan fingerprint density at radius 3 is 2.79 bits per heavy atom. The van der Waals surface area contributed by atoms with Crippen LogP contribution in [0.3, 0.4) is 0 Å². The highest BCUT2D eigenvalue weighted by molar-refractivity contribution is 6.00. The molecular formula is C14H17N3O2. The number of aryl methyl sites for hydroxylation is 1. The second-order valence-electron chi connectivity index (χ2n) is 4.87. The first-order chi connectivity index (χ1) is 9.15. The number of nitrogens with zero attached hydrogens (tertiary/aromatic N) is 2. The van der Waals surface area contributed by atoms with E-state index >= 15 is 0 Å². The molecular weight excluding hydrogens is 242 g/mol. The van der Waals surface area contributed by atoms with Crippen molar-refractivity contribution in [3.05, 3.63) is 23.6 Å². The molecule has 19 heavy (non-hydrogen) atoms. The average Bonchev–Trinajstić information content (AvgIpc) is 2.78. The summed E-state index contributed by atoms with van der Waals surface area (Å²) >= 11 is 0. The van der Waals surface area contributed by atoms with Crippen molar-refractivity contribution in [2.45, 2.75) is 13.8 Å². The summed E-state index contributed by atoms with van der Waals surface area (Å²) in [5, 5.41) is 3.32. The Hall–Kier alpha value is -1.88. The smallest absolute Gasteiger partial charge is 0.192 e. The molecule has 2 aromatic rings. The molecule has 1 aromatic carbocycles. The van der Waals surface area contributed by atoms with Crippen molar-refractivity contribution in [1.29, 1.82) is 0 Å². The van der Waals surface area contributed by atoms with Crippen LogP contribution < -0.4 is 10.2 Å². The van der Waals surface area contributed by atoms with Gasteiger partial charge in [0.1, 0.15) is 5.52 Å². The van der Waals surface area contributed by atoms with E-state index in [4.69, 9.17) is 4.42 Å². The van der Waals surface area contributed by atoms with Crippen molar-refractivity contribution in [3.63, 3.8) is 0 Å². The highest BCUT2D eigenvalue weighted by atomic mass is 16.3. The van der Waals surface area contributed by atoms with Crippen molar-refractivity contribution in [1.82, 2.24) is 10.3 Å². The van der Waals surface area contributed by atoms with E-state index in [9.17, 15) is 4.79 Å². The van der Waals surface area contributed by atoms with E-state index < -0.39 is 0 Å². The number of rotatable bonds is 2. The minimum absolute atomic E-state index is 0.0546. The number of Topliss-reactive ketones (excluding diaryl/α,β-unsaturated/α-hetero) is 1. The van der Waals surface area contributed by atoms with E-state index in [0.717, 1.165) is 43.0 Å². The largest absolute Gasteiger partial charge is 0.439 e. The Kier molecular flexibility index (Phi) is 2.98. The third-order valence-corrected chi connectivity index (χ3v) is 3.44. The minimum atomic E-state index is 0.0546. The molecule has 2 heterocycles. The van der Waals surface area contributed by atoms with Gasteiger partial charge in [-0.1, -0.05) is 0 Å². The maximum Gasteiger partial charge on any atom is 0.192 e. The van der Waals surface area contributed by atoms with Crippen molar-refractivity contribution in [2.24, 2.45) is 0 Å². The summed E-state index contributed by atoms with van der Waals surface area (Å²) in [6.45, 7) is 7.12. The molecule has 0 spiro atoms. The summed E-state index contributed by atoms with van der Waals surface area (Å²) in [6.07, 6.45) is 0. The van der Waals surface area contributed by atoms with E-state index in [1.54, 1.807) is 13.0 Å². The number of carbonyl (C=O) groups excluding carboxylic acids is 1. The van der Waals surface area contributed by atoms with Gasteiger partial charge in [-0.3, -0.25) is 4.79 Å². The number of hydrogen-bond acceptors (Lipinski definition) is 5. The monoisotopic (exact) mass is 259 g/mol. The number of oxazole rings is 1. The third kappa shape index (κ3) is 2.21. The maximum atomic E-state index is 11.6. The van der Waals surface area contributed by atoms with E-state index in [1.165, 1.54) is 0 Å². The molecule has 0 aliphatic carbocycles. The molecule has 0 radical (unpaired) electrons. The molecule has 1 N–H and O–H groups in total. The summed E-state index contributed by atoms with van der Waals surface area (Å²) in [5.41, 5.74) is 3.21. The van der Waals surface area contributed by atoms with Crippen LogP contribution in [0.25, 0.3) is 11.1 Å². The van der Waals surface area contributed by atoms with Gasteiger partial charge < -0.3 is 14.6 Å². The molecule has 1 aliphatic rings. The fourth-order valence-corrected chi connectivity index (χ4v) is 2.47. The Morgan fingerprint density at radius 1 is 1.37 bits per heavy atom. The van der Waals surface area contributed by atoms with Crippen LogP contribution in [-0.2, 0) is 0 Å². The lowest BCUT2D eigenvalue weighted by Crippen LogP contribution is -2.43. The fraction of sp³-hybridized carbons (Fsp3) is 0.429. The molecule has 5 nitrogen and oxygen atoms in total. The number of ketones is 1. The maximum absolute atomic E-state index is 11.6. The minimum Gasteiger partial charge on any atom is -0.439 e. The summed E-state index contributed by atoms with van der Waals surface area (Å²) in [5.74, 6) is 0.686. The highest BCUT2D eigenvalue weighted by Crippen LogP contribution is 2.30. The summed E-state index contributed by atoms with van der Waals surface area (Å²) in [4.78, 5) is 18.2. The van der Waals surface area contributed by atoms with Crippen LogP contribution >= 0.6 is 0 Å². The van der Waals surface area contributed by atoms with Gasteiger partial charge in [-0.15, -0.1) is 0 Å². The van der Waals surface area contributed by atoms with Gasteiger partial charge in [-0.25, -0.2) is 4.98 Å². The Morgan fingerprint density at radius 2 is 2.11 bits per heavy atom. The van der Waals surface area contributed by atoms with Crippen LogP contribution in [0.1, 0.15) is 23.2 Å². The van der Waals surface area contributed by atoms with Crippen LogP contribution in [0.5, 0.6) is 0 Å². The Bertz CT molecular complexity index is 627. The second kappa shape index (κ2) is 4.66. The van der Waals surface area contributed by atoms with Crippen LogP contribution in [0.15, 0.2) is 16.5 Å². The molecule has 0 unspecified atom stereocenters. The van der Waals surface area contributed by atoms with Crippen molar-refractivity contribution < 1.29 is 9.21 Å². The lowest BCUT2D eigenvalue weighted by molar-refractivity contribution is 0.101. The summed E-state index contributed by atoms with van der Waals surface area (Å²) < 4.78 is 5.70. The number of hydrogen-bond donors (Lipinski definition) is 1. The van der Waals surface area contributed by atoms with Crippen LogP contribution in [0.4, 0.5) is 5.69 Å². The molecule has 0 saturated carbocycles. The van der Waals surface area contributed by atoms with E-state index in [2.05, 4.69) is 15.2 Å². The predicted octanol–water partition coefficient (Wildman–Crippen LogP) is 1.75. The normalized spacial score (nSPS) is 16.0. The first kappa shape index (κ1) is 12.2. The van der Waals surface area contributed by atoms with Gasteiger partial charge in [-0.2, -0.15) is 0 Å². The molecule has 0 atom stereocenters. The van der Waals surface area contributed by atoms with Gasteiger partial charge in [0.05, 0.1) is 5.69 Å². The number of nitrogens with one attached hydrogen (secondary N) is 1. The van der Waals surface area contributed by atoms with E-state index in [0.29, 0.717) is 11.5 Å². The van der Waals surface area contributed by atoms with Gasteiger partial charge in [0.25, 0.3) is 0 Å². The van der Waals surface area contributed by atoms with Crippen LogP contribution in [-0.4, -0.2) is 36.9 Å². The number of carbonyl (C=O) groups is 1. The standard InChI is InChI=1S/C14H17N3O2/c1-9(18)11-7-12-14(19-10(2)16-12)13(8-11)17-5-3-15-4-6-17/h7-8,15H,3-6H2,1-2H3. The summed E-state index contributed by atoms with van der Waals surface area (Å²) in [6, 6.07) is 3.72. The number of benzene rings is 1. The van der Waals surface area contributed by atoms with Gasteiger partial charge in [0.15, 0.2) is 17.3 Å². The predicted molar refractivity (Wildman–Crippen MR) is 73.8 cm³/mol. The van der Waals surface area contributed by atoms with Crippen molar-refractivity contribution in [2.75, 3.05) is 31.1 Å². The number of anilines is 1. The quantitative estimate of drug-likeness (QED) is 0.833. The topological polar surface area (TPSA) is 58.4 Å². The second-order valence-corrected chi connectivity index (χ2v) is 4.87. The zero-order chi connectivity index (χ0) is 13.4. The Balaban J connectivity index is 2.16. The zero-order valence-electron chi connectivity index (χ0n) is 11.2. The SMILES string of the molecule is CC(=O)c1cc(N2CCNCC2)c2oc(C)nc2c1. The van der Waals surface area contributed by atoms with Crippen molar-refractivity contribution >= 4 is 22.6 Å². The average molecular weight is 259 g/mol. The lowest BCUT2D eigenvalue weighted by Gasteiger charge is -2.29. The number of fused-ring (bicyclic) bond motifs is 1. The molecule has 1 saturated heterocycles. The first-order valence-corrected chi connectivity index (χ1v) is 6.53. The molecule has 5 heteroatoms. The first-order valence-electron chi connectivity index (χ1n) is 6.53. The van der Waals surface area contributed by atoms with Crippen LogP contribution in [0.2, 0.25) is 0 Å². The molecule has 0 bridgehead atoms. The molecule has 1 aromatic heterocycles. The van der Waals surface area contributed by atoms with Gasteiger partial charge >= 0.3 is 0 Å². The lowest BCUT2D eigenvalue weighted by atomic mass is 10.1. The van der Waals surface area contributed by atoms with Gasteiger partial charge in [0.2, 0.25) is 0 Å². The number of piperazine rings is 1. The molecule has 1 fully saturated rings. The van der Waals surface area contributed by atoms with Gasteiger partial charge in [0, 0.05) is 38.7 Å². The Labute approximate surface area is 111 Å².